The van der Waals surface area contributed by atoms with Crippen LogP contribution in [0.1, 0.15) is 34.5 Å². The van der Waals surface area contributed by atoms with E-state index in [1.54, 1.807) is 0 Å². The standard InChI is InChI=1S/C27H30N8OS/c1-17-23(37-27(29-2)30-17)24-32-25(28)34-26(33-24)31-21-10-6-9-20(15-21)22(36)19-11-13-35(14-12-19)16-18-7-4-3-5-8-18/h3-10,15,19H,11-14,16H2,1-2H3,(H,29,30)(H3,28,31,32,33,34). The van der Waals surface area contributed by atoms with Gasteiger partial charge in [-0.2, -0.15) is 15.0 Å². The van der Waals surface area contributed by atoms with Crippen LogP contribution in [0, 0.1) is 12.8 Å². The van der Waals surface area contributed by atoms with Gasteiger partial charge in [0.05, 0.1) is 10.6 Å². The second-order valence-corrected chi connectivity index (χ2v) is 10.1. The van der Waals surface area contributed by atoms with E-state index < -0.39 is 0 Å². The summed E-state index contributed by atoms with van der Waals surface area (Å²) in [6, 6.07) is 18.0. The van der Waals surface area contributed by atoms with Crippen LogP contribution in [0.25, 0.3) is 10.7 Å². The molecular formula is C27H30N8OS. The van der Waals surface area contributed by atoms with E-state index in [0.717, 1.165) is 53.9 Å². The molecule has 1 saturated heterocycles. The first kappa shape index (κ1) is 24.8. The number of thiazole rings is 1. The Bertz CT molecular complexity index is 1380. The molecule has 1 fully saturated rings. The molecule has 2 aromatic carbocycles. The number of nitrogens with two attached hydrogens (primary N) is 1. The normalized spacial score (nSPS) is 14.4. The molecule has 4 N–H and O–H groups in total. The molecule has 3 heterocycles. The molecule has 37 heavy (non-hydrogen) atoms. The second kappa shape index (κ2) is 11.0. The lowest BCUT2D eigenvalue weighted by atomic mass is 9.88. The lowest BCUT2D eigenvalue weighted by molar-refractivity contribution is 0.0835. The molecule has 0 unspecified atom stereocenters. The van der Waals surface area contributed by atoms with E-state index >= 15 is 0 Å². The lowest BCUT2D eigenvalue weighted by Gasteiger charge is -2.31. The number of benzene rings is 2. The molecule has 0 radical (unpaired) electrons. The third kappa shape index (κ3) is 5.92. The Hall–Kier alpha value is -3.89. The zero-order valence-corrected chi connectivity index (χ0v) is 21.8. The van der Waals surface area contributed by atoms with E-state index in [4.69, 9.17) is 5.73 Å². The second-order valence-electron chi connectivity index (χ2n) is 9.13. The van der Waals surface area contributed by atoms with Gasteiger partial charge in [0, 0.05) is 30.8 Å². The minimum absolute atomic E-state index is 0.0253. The maximum atomic E-state index is 13.3. The molecule has 1 aliphatic heterocycles. The Morgan fingerprint density at radius 3 is 2.57 bits per heavy atom. The van der Waals surface area contributed by atoms with Gasteiger partial charge in [0.25, 0.3) is 0 Å². The molecule has 0 aliphatic carbocycles. The molecule has 2 aromatic heterocycles. The fraction of sp³-hybridized carbons (Fsp3) is 0.296. The van der Waals surface area contributed by atoms with E-state index in [1.807, 2.05) is 44.3 Å². The number of aryl methyl sites for hydroxylation is 1. The predicted molar refractivity (Wildman–Crippen MR) is 148 cm³/mol. The highest BCUT2D eigenvalue weighted by atomic mass is 32.1. The number of hydrogen-bond acceptors (Lipinski definition) is 10. The highest BCUT2D eigenvalue weighted by molar-refractivity contribution is 7.19. The smallest absolute Gasteiger partial charge is 0.232 e. The third-order valence-electron chi connectivity index (χ3n) is 6.48. The molecule has 1 aliphatic rings. The number of aromatic nitrogens is 4. The number of nitrogens with zero attached hydrogens (tertiary/aromatic N) is 5. The van der Waals surface area contributed by atoms with Gasteiger partial charge in [0.15, 0.2) is 16.7 Å². The minimum Gasteiger partial charge on any atom is -0.368 e. The summed E-state index contributed by atoms with van der Waals surface area (Å²) in [6.07, 6.45) is 1.72. The van der Waals surface area contributed by atoms with Crippen LogP contribution in [0.5, 0.6) is 0 Å². The Balaban J connectivity index is 1.25. The summed E-state index contributed by atoms with van der Waals surface area (Å²) in [5.74, 6) is 1.10. The first-order valence-corrected chi connectivity index (χ1v) is 13.1. The Morgan fingerprint density at radius 1 is 1.05 bits per heavy atom. The van der Waals surface area contributed by atoms with Gasteiger partial charge < -0.3 is 16.4 Å². The molecule has 0 atom stereocenters. The number of hydrogen-bond donors (Lipinski definition) is 3. The molecule has 9 nitrogen and oxygen atoms in total. The Labute approximate surface area is 220 Å². The number of Topliss-reactive ketones (excluding diaryl/α,β-unsaturated/α-hetero) is 1. The minimum atomic E-state index is 0.0253. The zero-order chi connectivity index (χ0) is 25.8. The van der Waals surface area contributed by atoms with Crippen LogP contribution in [0.3, 0.4) is 0 Å². The van der Waals surface area contributed by atoms with Crippen LogP contribution in [-0.4, -0.2) is 50.8 Å². The summed E-state index contributed by atoms with van der Waals surface area (Å²) in [6.45, 7) is 4.67. The van der Waals surface area contributed by atoms with Crippen molar-refractivity contribution in [2.45, 2.75) is 26.3 Å². The SMILES string of the molecule is CNc1nc(C)c(-c2nc(N)nc(Nc3cccc(C(=O)C4CCN(Cc5ccccc5)CC4)c3)n2)s1. The molecule has 4 aromatic rings. The van der Waals surface area contributed by atoms with Crippen molar-refractivity contribution < 1.29 is 4.79 Å². The number of ketones is 1. The van der Waals surface area contributed by atoms with Crippen molar-refractivity contribution in [2.75, 3.05) is 36.5 Å². The van der Waals surface area contributed by atoms with Gasteiger partial charge in [-0.05, 0) is 50.6 Å². The van der Waals surface area contributed by atoms with Gasteiger partial charge in [-0.3, -0.25) is 9.69 Å². The average Bonchev–Trinajstić information content (AvgIpc) is 3.30. The number of nitrogen functional groups attached to an aromatic ring is 1. The molecule has 0 amide bonds. The summed E-state index contributed by atoms with van der Waals surface area (Å²) < 4.78 is 0. The largest absolute Gasteiger partial charge is 0.368 e. The highest BCUT2D eigenvalue weighted by Crippen LogP contribution is 2.31. The maximum absolute atomic E-state index is 13.3. The van der Waals surface area contributed by atoms with Gasteiger partial charge in [-0.15, -0.1) is 0 Å². The van der Waals surface area contributed by atoms with Crippen LogP contribution in [-0.2, 0) is 6.54 Å². The molecule has 0 spiro atoms. The fourth-order valence-electron chi connectivity index (χ4n) is 4.57. The van der Waals surface area contributed by atoms with Crippen molar-refractivity contribution in [3.05, 3.63) is 71.4 Å². The summed E-state index contributed by atoms with van der Waals surface area (Å²) in [4.78, 5) is 34.1. The molecule has 190 valence electrons. The summed E-state index contributed by atoms with van der Waals surface area (Å²) in [5, 5.41) is 7.01. The van der Waals surface area contributed by atoms with Crippen molar-refractivity contribution in [2.24, 2.45) is 5.92 Å². The van der Waals surface area contributed by atoms with Crippen molar-refractivity contribution in [1.82, 2.24) is 24.8 Å². The van der Waals surface area contributed by atoms with Crippen LogP contribution in [0.2, 0.25) is 0 Å². The van der Waals surface area contributed by atoms with Crippen molar-refractivity contribution in [3.8, 4) is 10.7 Å². The fourth-order valence-corrected chi connectivity index (χ4v) is 5.42. The van der Waals surface area contributed by atoms with Crippen LogP contribution in [0.15, 0.2) is 54.6 Å². The maximum Gasteiger partial charge on any atom is 0.232 e. The van der Waals surface area contributed by atoms with Crippen molar-refractivity contribution in [1.29, 1.82) is 0 Å². The number of carbonyl (C=O) groups excluding carboxylic acids is 1. The van der Waals surface area contributed by atoms with Gasteiger partial charge in [0.2, 0.25) is 11.9 Å². The number of carbonyl (C=O) groups is 1. The quantitative estimate of drug-likeness (QED) is 0.286. The number of piperidine rings is 1. The van der Waals surface area contributed by atoms with E-state index in [2.05, 4.69) is 59.7 Å². The first-order chi connectivity index (χ1) is 18.0. The van der Waals surface area contributed by atoms with Gasteiger partial charge in [0.1, 0.15) is 0 Å². The number of anilines is 4. The van der Waals surface area contributed by atoms with E-state index in [0.29, 0.717) is 17.3 Å². The van der Waals surface area contributed by atoms with E-state index in [9.17, 15) is 4.79 Å². The van der Waals surface area contributed by atoms with Crippen molar-refractivity contribution >= 4 is 39.8 Å². The monoisotopic (exact) mass is 514 g/mol. The van der Waals surface area contributed by atoms with E-state index in [1.165, 1.54) is 16.9 Å². The van der Waals surface area contributed by atoms with Crippen LogP contribution in [0.4, 0.5) is 22.7 Å². The third-order valence-corrected chi connectivity index (χ3v) is 7.65. The van der Waals surface area contributed by atoms with Gasteiger partial charge in [-0.1, -0.05) is 53.8 Å². The molecular weight excluding hydrogens is 484 g/mol. The first-order valence-electron chi connectivity index (χ1n) is 12.3. The number of rotatable bonds is 8. The lowest BCUT2D eigenvalue weighted by Crippen LogP contribution is -2.35. The summed E-state index contributed by atoms with van der Waals surface area (Å²) >= 11 is 1.45. The summed E-state index contributed by atoms with van der Waals surface area (Å²) in [7, 11) is 1.82. The Morgan fingerprint density at radius 2 is 1.84 bits per heavy atom. The number of likely N-dealkylation sites (tertiary alicyclic amines) is 1. The molecule has 0 saturated carbocycles. The molecule has 0 bridgehead atoms. The Kier molecular flexibility index (Phi) is 7.38. The van der Waals surface area contributed by atoms with Crippen molar-refractivity contribution in [3.63, 3.8) is 0 Å². The van der Waals surface area contributed by atoms with Crippen LogP contribution < -0.4 is 16.4 Å². The summed E-state index contributed by atoms with van der Waals surface area (Å²) in [5.41, 5.74) is 9.51. The zero-order valence-electron chi connectivity index (χ0n) is 20.9. The average molecular weight is 515 g/mol. The molecule has 5 rings (SSSR count). The van der Waals surface area contributed by atoms with Crippen LogP contribution >= 0.6 is 11.3 Å². The highest BCUT2D eigenvalue weighted by Gasteiger charge is 2.26. The predicted octanol–water partition coefficient (Wildman–Crippen LogP) is 4.77. The topological polar surface area (TPSA) is 122 Å². The van der Waals surface area contributed by atoms with E-state index in [-0.39, 0.29) is 17.6 Å². The van der Waals surface area contributed by atoms with Gasteiger partial charge in [-0.25, -0.2) is 4.98 Å². The number of nitrogens with one attached hydrogen (secondary N) is 2. The molecule has 10 heteroatoms. The van der Waals surface area contributed by atoms with Gasteiger partial charge >= 0.3 is 0 Å².